The van der Waals surface area contributed by atoms with Crippen molar-refractivity contribution in [2.45, 2.75) is 52.5 Å². The maximum absolute atomic E-state index is 5.28. The third-order valence-electron chi connectivity index (χ3n) is 4.11. The van der Waals surface area contributed by atoms with E-state index in [1.54, 1.807) is 6.20 Å². The fraction of sp³-hybridized carbons (Fsp3) is 0.562. The van der Waals surface area contributed by atoms with Gasteiger partial charge in [0.15, 0.2) is 5.82 Å². The second-order valence-corrected chi connectivity index (χ2v) is 6.65. The van der Waals surface area contributed by atoms with E-state index in [-0.39, 0.29) is 0 Å². The summed E-state index contributed by atoms with van der Waals surface area (Å²) in [5.74, 6) is 2.00. The lowest BCUT2D eigenvalue weighted by Gasteiger charge is -2.35. The minimum Gasteiger partial charge on any atom is -0.367 e. The van der Waals surface area contributed by atoms with E-state index in [2.05, 4.69) is 34.3 Å². The van der Waals surface area contributed by atoms with Crippen molar-refractivity contribution in [2.75, 3.05) is 5.32 Å². The molecule has 1 unspecified atom stereocenters. The van der Waals surface area contributed by atoms with Crippen LogP contribution in [0.3, 0.4) is 0 Å². The fourth-order valence-electron chi connectivity index (χ4n) is 3.11. The van der Waals surface area contributed by atoms with Crippen molar-refractivity contribution in [3.8, 4) is 11.5 Å². The van der Waals surface area contributed by atoms with Gasteiger partial charge in [0, 0.05) is 12.2 Å². The van der Waals surface area contributed by atoms with Crippen LogP contribution in [0.25, 0.3) is 11.5 Å². The van der Waals surface area contributed by atoms with Crippen molar-refractivity contribution in [1.29, 1.82) is 0 Å². The van der Waals surface area contributed by atoms with Crippen LogP contribution in [-0.4, -0.2) is 21.2 Å². The number of nitrogens with one attached hydrogen (secondary N) is 1. The molecule has 2 heterocycles. The van der Waals surface area contributed by atoms with Crippen molar-refractivity contribution < 1.29 is 4.52 Å². The van der Waals surface area contributed by atoms with Gasteiger partial charge in [-0.1, -0.05) is 25.4 Å². The third-order valence-corrected chi connectivity index (χ3v) is 4.11. The standard InChI is InChI=1S/C16H22N4O/c1-11-18-15(21-20-11)13-7-5-9-17-14(13)19-12-6-4-8-16(2,3)10-12/h5,7,9,12H,4,6,8,10H2,1-3H3,(H,17,19). The van der Waals surface area contributed by atoms with Crippen LogP contribution < -0.4 is 5.32 Å². The first-order chi connectivity index (χ1) is 10.0. The first-order valence-corrected chi connectivity index (χ1v) is 7.56. The molecule has 2 aromatic rings. The monoisotopic (exact) mass is 286 g/mol. The van der Waals surface area contributed by atoms with E-state index >= 15 is 0 Å². The molecule has 5 heteroatoms. The van der Waals surface area contributed by atoms with E-state index in [9.17, 15) is 0 Å². The molecular formula is C16H22N4O. The molecule has 0 aromatic carbocycles. The highest BCUT2D eigenvalue weighted by atomic mass is 16.5. The predicted octanol–water partition coefficient (Wildman–Crippen LogP) is 3.82. The number of pyridine rings is 1. The minimum atomic E-state index is 0.395. The maximum atomic E-state index is 5.28. The molecule has 5 nitrogen and oxygen atoms in total. The zero-order valence-corrected chi connectivity index (χ0v) is 12.9. The van der Waals surface area contributed by atoms with E-state index in [1.807, 2.05) is 19.1 Å². The third kappa shape index (κ3) is 3.23. The molecule has 0 spiro atoms. The van der Waals surface area contributed by atoms with Gasteiger partial charge in [-0.05, 0) is 43.7 Å². The molecule has 0 saturated heterocycles. The summed E-state index contributed by atoms with van der Waals surface area (Å²) in [6, 6.07) is 4.31. The molecule has 1 fully saturated rings. The summed E-state index contributed by atoms with van der Waals surface area (Å²) in [4.78, 5) is 8.77. The molecule has 2 aromatic heterocycles. The molecule has 1 N–H and O–H groups in total. The highest BCUT2D eigenvalue weighted by Crippen LogP contribution is 2.37. The average molecular weight is 286 g/mol. The van der Waals surface area contributed by atoms with Gasteiger partial charge in [-0.3, -0.25) is 0 Å². The zero-order chi connectivity index (χ0) is 14.9. The number of aryl methyl sites for hydroxylation is 1. The summed E-state index contributed by atoms with van der Waals surface area (Å²) in [6.07, 6.45) is 6.69. The Bertz CT molecular complexity index is 620. The number of rotatable bonds is 3. The van der Waals surface area contributed by atoms with Crippen LogP contribution in [0, 0.1) is 12.3 Å². The van der Waals surface area contributed by atoms with Gasteiger partial charge in [0.05, 0.1) is 5.56 Å². The van der Waals surface area contributed by atoms with Gasteiger partial charge in [0.2, 0.25) is 0 Å². The van der Waals surface area contributed by atoms with Gasteiger partial charge in [-0.15, -0.1) is 0 Å². The smallest absolute Gasteiger partial charge is 0.261 e. The Balaban J connectivity index is 1.83. The zero-order valence-electron chi connectivity index (χ0n) is 12.9. The molecule has 21 heavy (non-hydrogen) atoms. The van der Waals surface area contributed by atoms with Gasteiger partial charge in [-0.2, -0.15) is 4.98 Å². The molecular weight excluding hydrogens is 264 g/mol. The Morgan fingerprint density at radius 2 is 2.24 bits per heavy atom. The molecule has 0 radical (unpaired) electrons. The molecule has 1 atom stereocenters. The first-order valence-electron chi connectivity index (χ1n) is 7.56. The van der Waals surface area contributed by atoms with Crippen LogP contribution in [0.4, 0.5) is 5.82 Å². The van der Waals surface area contributed by atoms with Crippen molar-refractivity contribution in [3.63, 3.8) is 0 Å². The van der Waals surface area contributed by atoms with E-state index < -0.39 is 0 Å². The number of anilines is 1. The molecule has 1 saturated carbocycles. The van der Waals surface area contributed by atoms with Gasteiger partial charge in [-0.25, -0.2) is 4.98 Å². The molecule has 3 rings (SSSR count). The number of nitrogens with zero attached hydrogens (tertiary/aromatic N) is 3. The fourth-order valence-corrected chi connectivity index (χ4v) is 3.11. The Hall–Kier alpha value is -1.91. The predicted molar refractivity (Wildman–Crippen MR) is 81.9 cm³/mol. The molecule has 1 aliphatic rings. The normalized spacial score (nSPS) is 21.2. The van der Waals surface area contributed by atoms with Gasteiger partial charge in [0.1, 0.15) is 5.82 Å². The SMILES string of the molecule is Cc1noc(-c2cccnc2NC2CCCC(C)(C)C2)n1. The van der Waals surface area contributed by atoms with E-state index in [1.165, 1.54) is 19.3 Å². The number of hydrogen-bond donors (Lipinski definition) is 1. The van der Waals surface area contributed by atoms with Gasteiger partial charge in [0.25, 0.3) is 5.89 Å². The highest BCUT2D eigenvalue weighted by Gasteiger charge is 2.28. The Morgan fingerprint density at radius 1 is 1.38 bits per heavy atom. The lowest BCUT2D eigenvalue weighted by Crippen LogP contribution is -2.32. The first kappa shape index (κ1) is 14.0. The van der Waals surface area contributed by atoms with Crippen molar-refractivity contribution >= 4 is 5.82 Å². The maximum Gasteiger partial charge on any atom is 0.261 e. The van der Waals surface area contributed by atoms with Gasteiger partial charge < -0.3 is 9.84 Å². The second-order valence-electron chi connectivity index (χ2n) is 6.65. The van der Waals surface area contributed by atoms with Crippen molar-refractivity contribution in [3.05, 3.63) is 24.2 Å². The van der Waals surface area contributed by atoms with Gasteiger partial charge >= 0.3 is 0 Å². The Morgan fingerprint density at radius 3 is 2.95 bits per heavy atom. The quantitative estimate of drug-likeness (QED) is 0.929. The van der Waals surface area contributed by atoms with Crippen LogP contribution in [0.2, 0.25) is 0 Å². The van der Waals surface area contributed by atoms with Crippen LogP contribution in [0.5, 0.6) is 0 Å². The molecule has 0 bridgehead atoms. The topological polar surface area (TPSA) is 63.8 Å². The lowest BCUT2D eigenvalue weighted by atomic mass is 9.75. The largest absolute Gasteiger partial charge is 0.367 e. The summed E-state index contributed by atoms with van der Waals surface area (Å²) in [7, 11) is 0. The molecule has 0 aliphatic heterocycles. The van der Waals surface area contributed by atoms with E-state index in [4.69, 9.17) is 4.52 Å². The molecule has 112 valence electrons. The summed E-state index contributed by atoms with van der Waals surface area (Å²) in [5, 5.41) is 7.44. The highest BCUT2D eigenvalue weighted by molar-refractivity contribution is 5.68. The lowest BCUT2D eigenvalue weighted by molar-refractivity contribution is 0.229. The van der Waals surface area contributed by atoms with Crippen LogP contribution >= 0.6 is 0 Å². The number of aromatic nitrogens is 3. The van der Waals surface area contributed by atoms with Crippen LogP contribution in [-0.2, 0) is 0 Å². The Labute approximate surface area is 125 Å². The molecule has 1 aliphatic carbocycles. The second kappa shape index (κ2) is 5.47. The number of hydrogen-bond acceptors (Lipinski definition) is 5. The average Bonchev–Trinajstić information content (AvgIpc) is 2.85. The summed E-state index contributed by atoms with van der Waals surface area (Å²) in [6.45, 7) is 6.49. The summed E-state index contributed by atoms with van der Waals surface area (Å²) < 4.78 is 5.28. The Kier molecular flexibility index (Phi) is 3.66. The van der Waals surface area contributed by atoms with Crippen molar-refractivity contribution in [2.24, 2.45) is 5.41 Å². The van der Waals surface area contributed by atoms with E-state index in [0.29, 0.717) is 23.2 Å². The van der Waals surface area contributed by atoms with Crippen LogP contribution in [0.15, 0.2) is 22.9 Å². The molecule has 0 amide bonds. The van der Waals surface area contributed by atoms with Crippen molar-refractivity contribution in [1.82, 2.24) is 15.1 Å². The van der Waals surface area contributed by atoms with Crippen LogP contribution in [0.1, 0.15) is 45.4 Å². The summed E-state index contributed by atoms with van der Waals surface area (Å²) in [5.41, 5.74) is 1.27. The summed E-state index contributed by atoms with van der Waals surface area (Å²) >= 11 is 0. The minimum absolute atomic E-state index is 0.395. The van der Waals surface area contributed by atoms with E-state index in [0.717, 1.165) is 17.8 Å².